The number of rotatable bonds is 5. The zero-order valence-electron chi connectivity index (χ0n) is 14.6. The van der Waals surface area contributed by atoms with Crippen LogP contribution in [0.25, 0.3) is 0 Å². The molecule has 2 aromatic carbocycles. The second-order valence-corrected chi connectivity index (χ2v) is 8.40. The van der Waals surface area contributed by atoms with Crippen molar-refractivity contribution in [3.8, 4) is 0 Å². The molecule has 26 heavy (non-hydrogen) atoms. The predicted molar refractivity (Wildman–Crippen MR) is 97.9 cm³/mol. The number of aromatic carboxylic acids is 1. The van der Waals surface area contributed by atoms with E-state index in [-0.39, 0.29) is 21.9 Å². The highest BCUT2D eigenvalue weighted by atomic mass is 32.2. The van der Waals surface area contributed by atoms with Gasteiger partial charge in [0.15, 0.2) is 0 Å². The first kappa shape index (κ1) is 19.5. The fraction of sp³-hybridized carbons (Fsp3) is 0.222. The second-order valence-electron chi connectivity index (χ2n) is 6.72. The Bertz CT molecular complexity index is 912. The van der Waals surface area contributed by atoms with Gasteiger partial charge in [0, 0.05) is 16.8 Å². The van der Waals surface area contributed by atoms with Gasteiger partial charge in [0.2, 0.25) is 0 Å². The van der Waals surface area contributed by atoms with Crippen molar-refractivity contribution in [2.45, 2.75) is 31.2 Å². The van der Waals surface area contributed by atoms with Crippen LogP contribution in [-0.4, -0.2) is 30.9 Å². The van der Waals surface area contributed by atoms with Crippen LogP contribution in [0.2, 0.25) is 0 Å². The fourth-order valence-electron chi connectivity index (χ4n) is 2.09. The molecule has 0 unspecified atom stereocenters. The molecule has 8 heteroatoms. The smallest absolute Gasteiger partial charge is 0.335 e. The number of carbonyl (C=O) groups excluding carboxylic acids is 1. The molecule has 0 aliphatic carbocycles. The number of benzene rings is 2. The highest BCUT2D eigenvalue weighted by molar-refractivity contribution is 7.92. The zero-order valence-corrected chi connectivity index (χ0v) is 15.4. The lowest BCUT2D eigenvalue weighted by molar-refractivity contribution is 0.0696. The van der Waals surface area contributed by atoms with Gasteiger partial charge in [-0.1, -0.05) is 0 Å². The van der Waals surface area contributed by atoms with Crippen molar-refractivity contribution in [3.05, 3.63) is 59.7 Å². The molecule has 0 radical (unpaired) electrons. The Morgan fingerprint density at radius 2 is 1.38 bits per heavy atom. The molecule has 1 amide bonds. The number of amides is 1. The van der Waals surface area contributed by atoms with Crippen molar-refractivity contribution in [2.75, 3.05) is 4.72 Å². The van der Waals surface area contributed by atoms with E-state index in [0.29, 0.717) is 11.3 Å². The lowest BCUT2D eigenvalue weighted by Crippen LogP contribution is -2.40. The van der Waals surface area contributed by atoms with E-state index in [1.54, 1.807) is 0 Å². The Hall–Kier alpha value is -2.87. The van der Waals surface area contributed by atoms with Gasteiger partial charge in [0.1, 0.15) is 0 Å². The molecule has 0 heterocycles. The maximum Gasteiger partial charge on any atom is 0.335 e. The molecule has 0 saturated carbocycles. The SMILES string of the molecule is CC(C)(C)NC(=O)c1ccc(NS(=O)(=O)c2ccc(C(=O)O)cc2)cc1. The standard InChI is InChI=1S/C18H20N2O5S/c1-18(2,3)19-16(21)12-4-8-14(9-5-12)20-26(24,25)15-10-6-13(7-11-15)17(22)23/h4-11,20H,1-3H3,(H,19,21)(H,22,23). The molecular formula is C18H20N2O5S. The van der Waals surface area contributed by atoms with Crippen molar-refractivity contribution >= 4 is 27.6 Å². The summed E-state index contributed by atoms with van der Waals surface area (Å²) >= 11 is 0. The molecule has 2 aromatic rings. The van der Waals surface area contributed by atoms with E-state index < -0.39 is 16.0 Å². The molecule has 138 valence electrons. The third-order valence-electron chi connectivity index (χ3n) is 3.30. The summed E-state index contributed by atoms with van der Waals surface area (Å²) in [6, 6.07) is 10.9. The van der Waals surface area contributed by atoms with Crippen molar-refractivity contribution in [1.29, 1.82) is 0 Å². The molecule has 0 fully saturated rings. The van der Waals surface area contributed by atoms with Gasteiger partial charge in [-0.05, 0) is 69.3 Å². The van der Waals surface area contributed by atoms with E-state index >= 15 is 0 Å². The molecule has 0 spiro atoms. The molecular weight excluding hydrogens is 356 g/mol. The Morgan fingerprint density at radius 3 is 1.85 bits per heavy atom. The van der Waals surface area contributed by atoms with Gasteiger partial charge >= 0.3 is 5.97 Å². The Kier molecular flexibility index (Phi) is 5.36. The monoisotopic (exact) mass is 376 g/mol. The lowest BCUT2D eigenvalue weighted by Gasteiger charge is -2.20. The topological polar surface area (TPSA) is 113 Å². The first-order valence-electron chi connectivity index (χ1n) is 7.77. The third-order valence-corrected chi connectivity index (χ3v) is 4.70. The largest absolute Gasteiger partial charge is 0.478 e. The van der Waals surface area contributed by atoms with Crippen molar-refractivity contribution in [3.63, 3.8) is 0 Å². The van der Waals surface area contributed by atoms with E-state index in [0.717, 1.165) is 0 Å². The molecule has 0 saturated heterocycles. The normalized spacial score (nSPS) is 11.7. The minimum absolute atomic E-state index is 0.00170. The zero-order chi connectivity index (χ0) is 19.5. The van der Waals surface area contributed by atoms with E-state index in [9.17, 15) is 18.0 Å². The maximum absolute atomic E-state index is 12.4. The first-order chi connectivity index (χ1) is 12.0. The van der Waals surface area contributed by atoms with E-state index in [2.05, 4.69) is 10.0 Å². The molecule has 0 aliphatic rings. The molecule has 0 atom stereocenters. The van der Waals surface area contributed by atoms with Crippen LogP contribution in [0.1, 0.15) is 41.5 Å². The van der Waals surface area contributed by atoms with Crippen molar-refractivity contribution in [1.82, 2.24) is 5.32 Å². The summed E-state index contributed by atoms with van der Waals surface area (Å²) in [7, 11) is -3.86. The maximum atomic E-state index is 12.4. The van der Waals surface area contributed by atoms with Crippen molar-refractivity contribution < 1.29 is 23.1 Å². The second kappa shape index (κ2) is 7.17. The first-order valence-corrected chi connectivity index (χ1v) is 9.25. The molecule has 0 aliphatic heterocycles. The van der Waals surface area contributed by atoms with Gasteiger partial charge in [-0.2, -0.15) is 0 Å². The van der Waals surface area contributed by atoms with Crippen LogP contribution in [-0.2, 0) is 10.0 Å². The Balaban J connectivity index is 2.14. The number of anilines is 1. The highest BCUT2D eigenvalue weighted by Gasteiger charge is 2.17. The summed E-state index contributed by atoms with van der Waals surface area (Å²) in [6.45, 7) is 5.59. The molecule has 0 bridgehead atoms. The van der Waals surface area contributed by atoms with Crippen LogP contribution in [0.3, 0.4) is 0 Å². The van der Waals surface area contributed by atoms with Gasteiger partial charge in [-0.15, -0.1) is 0 Å². The summed E-state index contributed by atoms with van der Waals surface area (Å²) in [5, 5.41) is 11.7. The van der Waals surface area contributed by atoms with E-state index in [4.69, 9.17) is 5.11 Å². The summed E-state index contributed by atoms with van der Waals surface area (Å²) in [5.74, 6) is -1.39. The Morgan fingerprint density at radius 1 is 0.885 bits per heavy atom. The fourth-order valence-corrected chi connectivity index (χ4v) is 3.15. The summed E-state index contributed by atoms with van der Waals surface area (Å²) < 4.78 is 27.1. The minimum atomic E-state index is -3.86. The number of carboxylic acid groups (broad SMARTS) is 1. The van der Waals surface area contributed by atoms with Crippen LogP contribution in [0.15, 0.2) is 53.4 Å². The van der Waals surface area contributed by atoms with Gasteiger partial charge in [0.05, 0.1) is 10.5 Å². The average molecular weight is 376 g/mol. The number of hydrogen-bond acceptors (Lipinski definition) is 4. The van der Waals surface area contributed by atoms with Crippen LogP contribution in [0, 0.1) is 0 Å². The number of carbonyl (C=O) groups is 2. The van der Waals surface area contributed by atoms with E-state index in [1.165, 1.54) is 48.5 Å². The average Bonchev–Trinajstić information content (AvgIpc) is 2.53. The van der Waals surface area contributed by atoms with Gasteiger partial charge in [-0.25, -0.2) is 13.2 Å². The molecule has 2 rings (SSSR count). The van der Waals surface area contributed by atoms with Gasteiger partial charge < -0.3 is 10.4 Å². The minimum Gasteiger partial charge on any atom is -0.478 e. The number of sulfonamides is 1. The third kappa shape index (κ3) is 5.06. The van der Waals surface area contributed by atoms with Gasteiger partial charge in [0.25, 0.3) is 15.9 Å². The van der Waals surface area contributed by atoms with Gasteiger partial charge in [-0.3, -0.25) is 9.52 Å². The predicted octanol–water partition coefficient (Wildman–Crippen LogP) is 2.71. The lowest BCUT2D eigenvalue weighted by atomic mass is 10.1. The van der Waals surface area contributed by atoms with Crippen LogP contribution in [0.5, 0.6) is 0 Å². The molecule has 0 aromatic heterocycles. The van der Waals surface area contributed by atoms with Crippen LogP contribution >= 0.6 is 0 Å². The summed E-state index contributed by atoms with van der Waals surface area (Å²) in [6.07, 6.45) is 0. The summed E-state index contributed by atoms with van der Waals surface area (Å²) in [5.41, 5.74) is 0.325. The number of carboxylic acids is 1. The van der Waals surface area contributed by atoms with Crippen LogP contribution < -0.4 is 10.0 Å². The molecule has 3 N–H and O–H groups in total. The quantitative estimate of drug-likeness (QED) is 0.743. The Labute approximate surface area is 152 Å². The van der Waals surface area contributed by atoms with Crippen molar-refractivity contribution in [2.24, 2.45) is 0 Å². The number of nitrogens with one attached hydrogen (secondary N) is 2. The number of hydrogen-bond donors (Lipinski definition) is 3. The molecule has 7 nitrogen and oxygen atoms in total. The van der Waals surface area contributed by atoms with E-state index in [1.807, 2.05) is 20.8 Å². The summed E-state index contributed by atoms with van der Waals surface area (Å²) in [4.78, 5) is 22.8. The highest BCUT2D eigenvalue weighted by Crippen LogP contribution is 2.18. The van der Waals surface area contributed by atoms with Crippen LogP contribution in [0.4, 0.5) is 5.69 Å².